The molecule has 2 unspecified atom stereocenters. The van der Waals surface area contributed by atoms with E-state index in [9.17, 15) is 9.59 Å². The molecule has 0 saturated carbocycles. The lowest BCUT2D eigenvalue weighted by atomic mass is 10.3. The van der Waals surface area contributed by atoms with Crippen LogP contribution in [0.3, 0.4) is 0 Å². The summed E-state index contributed by atoms with van der Waals surface area (Å²) in [5.74, 6) is -0.860. The number of carbonyl (C=O) groups is 2. The van der Waals surface area contributed by atoms with Crippen molar-refractivity contribution in [3.63, 3.8) is 0 Å². The number of thioether (sulfide) groups is 1. The lowest BCUT2D eigenvalue weighted by molar-refractivity contribution is -0.136. The Morgan fingerprint density at radius 1 is 1.53 bits per heavy atom. The van der Waals surface area contributed by atoms with E-state index in [1.165, 1.54) is 0 Å². The summed E-state index contributed by atoms with van der Waals surface area (Å²) in [5.41, 5.74) is 0. The molecule has 0 spiro atoms. The minimum Gasteiger partial charge on any atom is -0.480 e. The number of hydrogen-bond acceptors (Lipinski definition) is 4. The van der Waals surface area contributed by atoms with E-state index in [0.717, 1.165) is 16.6 Å². The molecule has 1 amide bonds. The van der Waals surface area contributed by atoms with E-state index in [1.807, 2.05) is 24.4 Å². The van der Waals surface area contributed by atoms with Crippen LogP contribution in [0.5, 0.6) is 0 Å². The van der Waals surface area contributed by atoms with E-state index in [0.29, 0.717) is 0 Å². The number of hydrogen-bond donors (Lipinski definition) is 2. The largest absolute Gasteiger partial charge is 0.480 e. The van der Waals surface area contributed by atoms with E-state index in [2.05, 4.69) is 5.32 Å². The molecule has 17 heavy (non-hydrogen) atoms. The average Bonchev–Trinajstić information content (AvgIpc) is 2.78. The normalized spacial score (nSPS) is 14.0. The molecule has 94 valence electrons. The lowest BCUT2D eigenvalue weighted by Crippen LogP contribution is -2.29. The molecule has 0 aromatic carbocycles. The first-order chi connectivity index (χ1) is 8.00. The smallest absolute Gasteiger partial charge is 0.316 e. The Balaban J connectivity index is 2.32. The first-order valence-corrected chi connectivity index (χ1v) is 7.10. The average molecular weight is 273 g/mol. The lowest BCUT2D eigenvalue weighted by Gasteiger charge is -2.12. The highest BCUT2D eigenvalue weighted by Crippen LogP contribution is 2.18. The molecule has 1 rings (SSSR count). The number of rotatable bonds is 6. The Morgan fingerprint density at radius 3 is 2.76 bits per heavy atom. The van der Waals surface area contributed by atoms with Crippen molar-refractivity contribution in [1.82, 2.24) is 5.32 Å². The van der Waals surface area contributed by atoms with Crippen molar-refractivity contribution in [1.29, 1.82) is 0 Å². The van der Waals surface area contributed by atoms with Crippen molar-refractivity contribution in [2.75, 3.05) is 5.75 Å². The van der Waals surface area contributed by atoms with Crippen LogP contribution >= 0.6 is 23.1 Å². The summed E-state index contributed by atoms with van der Waals surface area (Å²) in [6, 6.07) is 3.87. The second kappa shape index (κ2) is 6.66. The molecule has 0 radical (unpaired) electrons. The second-order valence-electron chi connectivity index (χ2n) is 3.60. The van der Waals surface area contributed by atoms with Crippen molar-refractivity contribution < 1.29 is 14.7 Å². The molecular weight excluding hydrogens is 258 g/mol. The van der Waals surface area contributed by atoms with Crippen LogP contribution in [0.2, 0.25) is 0 Å². The maximum atomic E-state index is 11.6. The first kappa shape index (κ1) is 14.1. The van der Waals surface area contributed by atoms with Crippen molar-refractivity contribution in [2.24, 2.45) is 0 Å². The first-order valence-electron chi connectivity index (χ1n) is 5.18. The van der Waals surface area contributed by atoms with Gasteiger partial charge in [-0.15, -0.1) is 23.1 Å². The van der Waals surface area contributed by atoms with E-state index in [4.69, 9.17) is 5.11 Å². The summed E-state index contributed by atoms with van der Waals surface area (Å²) in [4.78, 5) is 23.2. The molecule has 0 saturated heterocycles. The van der Waals surface area contributed by atoms with Crippen molar-refractivity contribution in [2.45, 2.75) is 25.1 Å². The number of carbonyl (C=O) groups excluding carboxylic acids is 1. The highest BCUT2D eigenvalue weighted by atomic mass is 32.2. The monoisotopic (exact) mass is 273 g/mol. The van der Waals surface area contributed by atoms with Crippen LogP contribution in [0.4, 0.5) is 0 Å². The van der Waals surface area contributed by atoms with Gasteiger partial charge in [0.05, 0.1) is 17.0 Å². The second-order valence-corrected chi connectivity index (χ2v) is 5.90. The molecule has 4 nitrogen and oxygen atoms in total. The predicted octanol–water partition coefficient (Wildman–Crippen LogP) is 2.13. The van der Waals surface area contributed by atoms with Gasteiger partial charge in [0.1, 0.15) is 0 Å². The van der Waals surface area contributed by atoms with Gasteiger partial charge in [-0.25, -0.2) is 0 Å². The van der Waals surface area contributed by atoms with Gasteiger partial charge in [0.2, 0.25) is 5.91 Å². The molecule has 0 aliphatic carbocycles. The fourth-order valence-electron chi connectivity index (χ4n) is 1.16. The summed E-state index contributed by atoms with van der Waals surface area (Å²) in [6.45, 7) is 3.48. The van der Waals surface area contributed by atoms with Gasteiger partial charge in [-0.2, -0.15) is 0 Å². The molecule has 6 heteroatoms. The topological polar surface area (TPSA) is 66.4 Å². The molecule has 1 aromatic heterocycles. The minimum atomic E-state index is -0.894. The van der Waals surface area contributed by atoms with E-state index in [1.54, 1.807) is 18.3 Å². The third kappa shape index (κ3) is 4.79. The minimum absolute atomic E-state index is 0.0248. The number of carboxylic acids is 1. The van der Waals surface area contributed by atoms with Crippen LogP contribution in [-0.2, 0) is 9.59 Å². The number of carboxylic acid groups (broad SMARTS) is 1. The van der Waals surface area contributed by atoms with E-state index >= 15 is 0 Å². The highest BCUT2D eigenvalue weighted by molar-refractivity contribution is 8.01. The summed E-state index contributed by atoms with van der Waals surface area (Å²) >= 11 is 2.71. The quantitative estimate of drug-likeness (QED) is 0.833. The number of nitrogens with one attached hydrogen (secondary N) is 1. The standard InChI is InChI=1S/C11H15NO3S2/c1-7(9-4-3-5-16-9)12-10(13)6-17-8(2)11(14)15/h3-5,7-8H,6H2,1-2H3,(H,12,13)(H,14,15). The van der Waals surface area contributed by atoms with Crippen molar-refractivity contribution >= 4 is 35.0 Å². The van der Waals surface area contributed by atoms with Crippen molar-refractivity contribution in [3.8, 4) is 0 Å². The Labute approximate surface area is 108 Å². The highest BCUT2D eigenvalue weighted by Gasteiger charge is 2.15. The maximum Gasteiger partial charge on any atom is 0.316 e. The molecule has 2 atom stereocenters. The van der Waals surface area contributed by atoms with Gasteiger partial charge in [0, 0.05) is 4.88 Å². The zero-order chi connectivity index (χ0) is 12.8. The molecular formula is C11H15NO3S2. The van der Waals surface area contributed by atoms with Gasteiger partial charge < -0.3 is 10.4 Å². The van der Waals surface area contributed by atoms with Gasteiger partial charge in [-0.3, -0.25) is 9.59 Å². The third-order valence-corrected chi connectivity index (χ3v) is 4.35. The van der Waals surface area contributed by atoms with Crippen LogP contribution in [0.15, 0.2) is 17.5 Å². The van der Waals surface area contributed by atoms with Crippen molar-refractivity contribution in [3.05, 3.63) is 22.4 Å². The van der Waals surface area contributed by atoms with Gasteiger partial charge in [-0.05, 0) is 25.3 Å². The van der Waals surface area contributed by atoms with Crippen LogP contribution in [0.25, 0.3) is 0 Å². The van der Waals surface area contributed by atoms with Crippen LogP contribution in [0.1, 0.15) is 24.8 Å². The Kier molecular flexibility index (Phi) is 5.50. The predicted molar refractivity (Wildman–Crippen MR) is 70.4 cm³/mol. The summed E-state index contributed by atoms with van der Waals surface area (Å²) < 4.78 is 0. The Morgan fingerprint density at radius 2 is 2.24 bits per heavy atom. The van der Waals surface area contributed by atoms with E-state index < -0.39 is 11.2 Å². The Bertz CT molecular complexity index is 378. The molecule has 0 fully saturated rings. The number of thiophene rings is 1. The zero-order valence-corrected chi connectivity index (χ0v) is 11.3. The van der Waals surface area contributed by atoms with E-state index in [-0.39, 0.29) is 17.7 Å². The van der Waals surface area contributed by atoms with Gasteiger partial charge in [0.25, 0.3) is 0 Å². The van der Waals surface area contributed by atoms with Crippen LogP contribution < -0.4 is 5.32 Å². The number of amides is 1. The zero-order valence-electron chi connectivity index (χ0n) is 9.67. The summed E-state index contributed by atoms with van der Waals surface area (Å²) in [6.07, 6.45) is 0. The summed E-state index contributed by atoms with van der Waals surface area (Å²) in [7, 11) is 0. The molecule has 0 aliphatic heterocycles. The molecule has 1 heterocycles. The van der Waals surface area contributed by atoms with Crippen LogP contribution in [0, 0.1) is 0 Å². The fraction of sp³-hybridized carbons (Fsp3) is 0.455. The van der Waals surface area contributed by atoms with Gasteiger partial charge in [0.15, 0.2) is 0 Å². The molecule has 0 bridgehead atoms. The summed E-state index contributed by atoms with van der Waals surface area (Å²) in [5, 5.41) is 12.9. The maximum absolute atomic E-state index is 11.6. The van der Waals surface area contributed by atoms with Crippen LogP contribution in [-0.4, -0.2) is 28.0 Å². The fourth-order valence-corrected chi connectivity index (χ4v) is 2.53. The SMILES string of the molecule is CC(SCC(=O)NC(C)c1cccs1)C(=O)O. The molecule has 0 aliphatic rings. The Hall–Kier alpha value is -1.01. The van der Waals surface area contributed by atoms with Gasteiger partial charge in [-0.1, -0.05) is 6.07 Å². The third-order valence-electron chi connectivity index (χ3n) is 2.16. The molecule has 2 N–H and O–H groups in total. The van der Waals surface area contributed by atoms with Gasteiger partial charge >= 0.3 is 5.97 Å². The molecule has 1 aromatic rings. The number of aliphatic carboxylic acids is 1.